The number of aliphatic hydroxyl groups is 4. The van der Waals surface area contributed by atoms with E-state index >= 15 is 0 Å². The maximum atomic E-state index is 10.3. The molecule has 0 spiro atoms. The Morgan fingerprint density at radius 1 is 0.200 bits per heavy atom. The molecule has 0 aromatic heterocycles. The summed E-state index contributed by atoms with van der Waals surface area (Å²) in [6.07, 6.45) is 1.33. The van der Waals surface area contributed by atoms with Crippen LogP contribution in [0.15, 0.2) is 267 Å². The molecule has 17 aromatic carbocycles. The number of aliphatic hydroxyl groups excluding tert-OH is 4. The monoisotopic (exact) mass is 1800 g/mol. The molecule has 0 aliphatic carbocycles. The number of hydrogen-bond acceptors (Lipinski definition) is 4. The molecule has 4 N–H and O–H groups in total. The van der Waals surface area contributed by atoms with E-state index in [2.05, 4.69) is 277 Å². The molecule has 17 aromatic rings. The predicted molar refractivity (Wildman–Crippen MR) is 567 cm³/mol. The van der Waals surface area contributed by atoms with Crippen molar-refractivity contribution in [3.8, 4) is 71.0 Å². The molecule has 0 saturated heterocycles. The van der Waals surface area contributed by atoms with Crippen molar-refractivity contribution in [3.05, 3.63) is 478 Å². The second-order valence-electron chi connectivity index (χ2n) is 36.4. The Morgan fingerprint density at radius 3 is 0.615 bits per heavy atom. The Labute approximate surface area is 810 Å². The van der Waals surface area contributed by atoms with Gasteiger partial charge in [0.1, 0.15) is 23.7 Å². The van der Waals surface area contributed by atoms with Gasteiger partial charge in [0.15, 0.2) is 0 Å². The fourth-order valence-electron chi connectivity index (χ4n) is 16.5. The van der Waals surface area contributed by atoms with Gasteiger partial charge in [-0.1, -0.05) is 274 Å². The van der Waals surface area contributed by atoms with E-state index in [0.717, 1.165) is 111 Å². The average molecular weight is 1810 g/mol. The molecule has 0 fully saturated rings. The Morgan fingerprint density at radius 2 is 0.393 bits per heavy atom. The number of hydrogen-bond donors (Lipinski definition) is 4. The van der Waals surface area contributed by atoms with E-state index in [1.807, 2.05) is 201 Å². The fraction of sp³-hybridized carbons (Fsp3) is 0.185. The minimum Gasteiger partial charge on any atom is -0.508 e. The van der Waals surface area contributed by atoms with Crippen LogP contribution in [0, 0.1) is 223 Å². The third-order valence-corrected chi connectivity index (χ3v) is 26.1. The number of rotatable bonds is 6. The summed E-state index contributed by atoms with van der Waals surface area (Å²) in [4.78, 5) is 0. The van der Waals surface area contributed by atoms with Crippen LogP contribution in [0.4, 0.5) is 0 Å². The van der Waals surface area contributed by atoms with Gasteiger partial charge in [-0.2, -0.15) is 0 Å². The zero-order valence-corrected chi connectivity index (χ0v) is 82.6. The van der Waals surface area contributed by atoms with Crippen molar-refractivity contribution < 1.29 is 37.5 Å². The Kier molecular flexibility index (Phi) is 31.0. The molecular weight excluding hydrogens is 1690 g/mol. The summed E-state index contributed by atoms with van der Waals surface area (Å²) in [6, 6.07) is 87.0. The van der Waals surface area contributed by atoms with E-state index in [1.54, 1.807) is 0 Å². The van der Waals surface area contributed by atoms with Crippen LogP contribution < -0.4 is 0 Å². The molecule has 5 heteroatoms. The van der Waals surface area contributed by atoms with Gasteiger partial charge >= 0.3 is 0 Å². The molecule has 0 aliphatic heterocycles. The molecule has 0 saturated carbocycles. The summed E-state index contributed by atoms with van der Waals surface area (Å²) in [6.45, 7) is 46.8. The van der Waals surface area contributed by atoms with Gasteiger partial charge in [0.05, 0.1) is 33.4 Å². The maximum Gasteiger partial charge on any atom is 0.121 e. The van der Waals surface area contributed by atoms with Crippen LogP contribution in [0.1, 0.15) is 224 Å². The van der Waals surface area contributed by atoms with Crippen molar-refractivity contribution in [1.82, 2.24) is 0 Å². The second kappa shape index (κ2) is 42.8. The van der Waals surface area contributed by atoms with Crippen molar-refractivity contribution in [1.29, 1.82) is 0 Å². The quantitative estimate of drug-likeness (QED) is 0.0440. The van der Waals surface area contributed by atoms with E-state index in [9.17, 15) is 20.4 Å². The van der Waals surface area contributed by atoms with Gasteiger partial charge in [0, 0.05) is 61.6 Å². The first kappa shape index (κ1) is 97.7. The molecule has 0 amide bonds. The van der Waals surface area contributed by atoms with E-state index in [4.69, 9.17) is 0 Å². The molecule has 0 heterocycles. The minimum absolute atomic E-state index is 0. The van der Waals surface area contributed by atoms with Crippen molar-refractivity contribution in [3.63, 3.8) is 0 Å². The first-order chi connectivity index (χ1) is 64.1. The number of benzene rings is 17. The number of aryl methyl sites for hydroxylation is 22. The molecule has 135 heavy (non-hydrogen) atoms. The third kappa shape index (κ3) is 22.9. The van der Waals surface area contributed by atoms with Gasteiger partial charge in [-0.3, -0.25) is 0 Å². The van der Waals surface area contributed by atoms with Crippen molar-refractivity contribution >= 4 is 65.4 Å². The van der Waals surface area contributed by atoms with E-state index in [-0.39, 0.29) is 28.6 Å². The van der Waals surface area contributed by atoms with Crippen LogP contribution in [0.25, 0.3) is 65.4 Å². The van der Waals surface area contributed by atoms with E-state index in [0.29, 0.717) is 33.4 Å². The van der Waals surface area contributed by atoms with Gasteiger partial charge in [0.2, 0.25) is 0 Å². The molecule has 2 unspecified atom stereocenters. The Hall–Kier alpha value is -14.8. The van der Waals surface area contributed by atoms with Crippen molar-refractivity contribution in [2.75, 3.05) is 0 Å². The van der Waals surface area contributed by atoms with Gasteiger partial charge in [-0.05, 0) is 403 Å². The van der Waals surface area contributed by atoms with Crippen LogP contribution >= 0.6 is 0 Å². The summed E-state index contributed by atoms with van der Waals surface area (Å²) in [5.41, 5.74) is 39.4. The average Bonchev–Trinajstić information content (AvgIpc) is 0.686. The summed E-state index contributed by atoms with van der Waals surface area (Å²) in [5, 5.41) is 55.1. The topological polar surface area (TPSA) is 80.9 Å². The zero-order valence-electron chi connectivity index (χ0n) is 81.6. The number of fused-ring (bicyclic) bond motifs is 6. The zero-order chi connectivity index (χ0) is 95.6. The largest absolute Gasteiger partial charge is 0.508 e. The molecule has 17 rings (SSSR count). The molecule has 1 radical (unpaired) electrons. The molecule has 671 valence electrons. The summed E-state index contributed by atoms with van der Waals surface area (Å²) >= 11 is 0. The van der Waals surface area contributed by atoms with Gasteiger partial charge in [-0.25, -0.2) is 0 Å². The first-order valence-electron chi connectivity index (χ1n) is 45.9. The molecule has 0 bridgehead atoms. The SMILES string of the molecule is Cc1cc2c(cc1C)c1c(C)c(C)cc3c4cc(C)c(C)cc4c4c(C)c(C)cc2c4c31.Cc1ccc(C#Cc2c(C#Cc3ccc(C)cc3)c(C#Cc3ccc(C)cc3)c(C#Cc3ccc(C)cc3)c(C#Cc3ccc(C)cc3)c2C#Cc2ccc(C)cc2)cc1.Cc1ccc(C(O)=CC(O)c2ccc(C)c(C)c2)cc1C.Cc1ccc(C(O)=CC(O)c2ccc(C)c(C)c2)cc1C.[Cu]. The summed E-state index contributed by atoms with van der Waals surface area (Å²) < 4.78 is 0. The van der Waals surface area contributed by atoms with Gasteiger partial charge in [-0.15, -0.1) is 0 Å². The standard InChI is InChI=1S/C60H42.C32H30.2C19H22O2.Cu/c1-43-7-19-49(20-8-43)31-37-55-56(38-32-50-21-9-44(2)10-22-50)58(40-34-52-25-13-46(4)14-26-52)60(42-36-54-29-17-48(6)18-30-54)59(41-35-53-27-15-47(5)16-28-53)57(55)39-33-51-23-11-45(3)12-24-51;1-15-9-23-25(11-17(15)3)29-21(7)20(6)14-28-24-10-16(2)18(4)12-26(24)30-22(8)19(5)13-27(23)31(30)32(28)29;2*1-12-5-7-16(9-14(12)3)18(20)11-19(21)17-8-6-13(2)15(4)10-17;/h7-30H,1-6H3;9-14H,1-8H3;2*5-11,18,20-21H,1-4H3;. The van der Waals surface area contributed by atoms with Crippen LogP contribution in [0.5, 0.6) is 0 Å². The molecule has 2 atom stereocenters. The van der Waals surface area contributed by atoms with Crippen molar-refractivity contribution in [2.45, 2.75) is 165 Å². The molecular formula is C130H116CuO4. The van der Waals surface area contributed by atoms with Crippen LogP contribution in [-0.2, 0) is 17.1 Å². The van der Waals surface area contributed by atoms with E-state index < -0.39 is 12.2 Å². The molecule has 0 aliphatic rings. The van der Waals surface area contributed by atoms with Crippen LogP contribution in [0.2, 0.25) is 0 Å². The summed E-state index contributed by atoms with van der Waals surface area (Å²) in [5.74, 6) is 42.4. The first-order valence-corrected chi connectivity index (χ1v) is 45.9. The Balaban J connectivity index is 0.000000171. The van der Waals surface area contributed by atoms with Gasteiger partial charge in [0.25, 0.3) is 0 Å². The fourth-order valence-corrected chi connectivity index (χ4v) is 16.5. The minimum atomic E-state index is -0.814. The van der Waals surface area contributed by atoms with Crippen molar-refractivity contribution in [2.24, 2.45) is 0 Å². The van der Waals surface area contributed by atoms with E-state index in [1.165, 1.54) is 133 Å². The molecule has 4 nitrogen and oxygen atoms in total. The third-order valence-electron chi connectivity index (χ3n) is 26.1. The second-order valence-corrected chi connectivity index (χ2v) is 36.4. The normalized spacial score (nSPS) is 11.4. The Bertz CT molecular complexity index is 7100. The smallest absolute Gasteiger partial charge is 0.121 e. The van der Waals surface area contributed by atoms with Crippen LogP contribution in [0.3, 0.4) is 0 Å². The van der Waals surface area contributed by atoms with Gasteiger partial charge < -0.3 is 20.4 Å². The summed E-state index contributed by atoms with van der Waals surface area (Å²) in [7, 11) is 0. The predicted octanol–water partition coefficient (Wildman–Crippen LogP) is 30.4. The maximum absolute atomic E-state index is 10.3. The van der Waals surface area contributed by atoms with Crippen LogP contribution in [-0.4, -0.2) is 20.4 Å².